The Labute approximate surface area is 79.7 Å². The standard InChI is InChI=1S/C9H20N2O2/c1-9(5-3-4-6-13-9)8(11-10)7-12-2/h8,11H,3-7,10H2,1-2H3. The highest BCUT2D eigenvalue weighted by Crippen LogP contribution is 2.27. The van der Waals surface area contributed by atoms with Crippen LogP contribution in [0.5, 0.6) is 0 Å². The fourth-order valence-corrected chi connectivity index (χ4v) is 1.80. The largest absolute Gasteiger partial charge is 0.383 e. The average molecular weight is 188 g/mol. The Morgan fingerprint density at radius 2 is 2.38 bits per heavy atom. The summed E-state index contributed by atoms with van der Waals surface area (Å²) in [6, 6.07) is 0.0813. The Balaban J connectivity index is 2.52. The van der Waals surface area contributed by atoms with E-state index in [2.05, 4.69) is 12.3 Å². The van der Waals surface area contributed by atoms with Gasteiger partial charge in [0.2, 0.25) is 0 Å². The molecule has 0 amide bonds. The molecule has 13 heavy (non-hydrogen) atoms. The molecule has 0 aliphatic carbocycles. The molecule has 0 spiro atoms. The predicted molar refractivity (Wildman–Crippen MR) is 51.2 cm³/mol. The summed E-state index contributed by atoms with van der Waals surface area (Å²) < 4.78 is 10.8. The Hall–Kier alpha value is -0.160. The van der Waals surface area contributed by atoms with Crippen molar-refractivity contribution >= 4 is 0 Å². The van der Waals surface area contributed by atoms with Crippen molar-refractivity contribution < 1.29 is 9.47 Å². The van der Waals surface area contributed by atoms with E-state index in [1.165, 1.54) is 6.42 Å². The van der Waals surface area contributed by atoms with Gasteiger partial charge in [-0.2, -0.15) is 0 Å². The Morgan fingerprint density at radius 1 is 1.62 bits per heavy atom. The van der Waals surface area contributed by atoms with Gasteiger partial charge in [0.1, 0.15) is 0 Å². The first-order valence-electron chi connectivity index (χ1n) is 4.82. The van der Waals surface area contributed by atoms with E-state index in [0.29, 0.717) is 6.61 Å². The van der Waals surface area contributed by atoms with Gasteiger partial charge in [-0.1, -0.05) is 0 Å². The molecule has 1 heterocycles. The minimum atomic E-state index is -0.164. The lowest BCUT2D eigenvalue weighted by molar-refractivity contribution is -0.100. The maximum Gasteiger partial charge on any atom is 0.0842 e. The normalized spacial score (nSPS) is 31.6. The number of nitrogens with one attached hydrogen (secondary N) is 1. The zero-order valence-electron chi connectivity index (χ0n) is 8.51. The molecule has 2 atom stereocenters. The molecule has 1 aliphatic rings. The lowest BCUT2D eigenvalue weighted by Crippen LogP contribution is -2.56. The van der Waals surface area contributed by atoms with Crippen molar-refractivity contribution in [2.45, 2.75) is 37.8 Å². The van der Waals surface area contributed by atoms with E-state index in [9.17, 15) is 0 Å². The molecule has 0 aromatic heterocycles. The third-order valence-corrected chi connectivity index (χ3v) is 2.77. The van der Waals surface area contributed by atoms with E-state index in [1.54, 1.807) is 7.11 Å². The van der Waals surface area contributed by atoms with Gasteiger partial charge in [0.05, 0.1) is 18.2 Å². The second kappa shape index (κ2) is 4.91. The van der Waals surface area contributed by atoms with Crippen molar-refractivity contribution in [3.63, 3.8) is 0 Å². The van der Waals surface area contributed by atoms with Gasteiger partial charge in [0.15, 0.2) is 0 Å². The minimum Gasteiger partial charge on any atom is -0.383 e. The van der Waals surface area contributed by atoms with Crippen LogP contribution in [0, 0.1) is 0 Å². The molecule has 4 heteroatoms. The Bertz CT molecular complexity index is 147. The first kappa shape index (κ1) is 10.9. The summed E-state index contributed by atoms with van der Waals surface area (Å²) in [6.45, 7) is 3.51. The molecule has 0 bridgehead atoms. The van der Waals surface area contributed by atoms with E-state index >= 15 is 0 Å². The number of methoxy groups -OCH3 is 1. The molecule has 0 aromatic rings. The smallest absolute Gasteiger partial charge is 0.0842 e. The van der Waals surface area contributed by atoms with Crippen LogP contribution in [0.25, 0.3) is 0 Å². The van der Waals surface area contributed by atoms with Gasteiger partial charge in [0.25, 0.3) is 0 Å². The van der Waals surface area contributed by atoms with E-state index in [4.69, 9.17) is 15.3 Å². The van der Waals surface area contributed by atoms with Crippen LogP contribution in [0.4, 0.5) is 0 Å². The summed E-state index contributed by atoms with van der Waals surface area (Å²) >= 11 is 0. The predicted octanol–water partition coefficient (Wildman–Crippen LogP) is 0.424. The topological polar surface area (TPSA) is 56.5 Å². The van der Waals surface area contributed by atoms with Crippen LogP contribution in [0.1, 0.15) is 26.2 Å². The highest BCUT2D eigenvalue weighted by atomic mass is 16.5. The second-order valence-corrected chi connectivity index (χ2v) is 3.79. The van der Waals surface area contributed by atoms with Gasteiger partial charge in [-0.25, -0.2) is 0 Å². The number of ether oxygens (including phenoxy) is 2. The van der Waals surface area contributed by atoms with Crippen LogP contribution in [-0.2, 0) is 9.47 Å². The summed E-state index contributed by atoms with van der Waals surface area (Å²) in [5, 5.41) is 0. The first-order valence-corrected chi connectivity index (χ1v) is 4.82. The van der Waals surface area contributed by atoms with E-state index < -0.39 is 0 Å². The van der Waals surface area contributed by atoms with Gasteiger partial charge in [-0.05, 0) is 26.2 Å². The van der Waals surface area contributed by atoms with Crippen molar-refractivity contribution in [2.24, 2.45) is 5.84 Å². The number of hydrogen-bond donors (Lipinski definition) is 2. The highest BCUT2D eigenvalue weighted by molar-refractivity contribution is 4.90. The van der Waals surface area contributed by atoms with Crippen LogP contribution < -0.4 is 11.3 Å². The maximum absolute atomic E-state index is 5.75. The van der Waals surface area contributed by atoms with Crippen molar-refractivity contribution in [3.05, 3.63) is 0 Å². The molecule has 4 nitrogen and oxygen atoms in total. The third-order valence-electron chi connectivity index (χ3n) is 2.77. The van der Waals surface area contributed by atoms with Crippen molar-refractivity contribution in [3.8, 4) is 0 Å². The average Bonchev–Trinajstić information content (AvgIpc) is 2.15. The van der Waals surface area contributed by atoms with Gasteiger partial charge >= 0.3 is 0 Å². The van der Waals surface area contributed by atoms with Crippen LogP contribution in [0.2, 0.25) is 0 Å². The zero-order chi connectivity index (χ0) is 9.73. The highest BCUT2D eigenvalue weighted by Gasteiger charge is 2.36. The lowest BCUT2D eigenvalue weighted by atomic mass is 9.89. The molecule has 1 rings (SSSR count). The quantitative estimate of drug-likeness (QED) is 0.496. The van der Waals surface area contributed by atoms with Crippen LogP contribution in [0.15, 0.2) is 0 Å². The molecule has 3 N–H and O–H groups in total. The summed E-state index contributed by atoms with van der Waals surface area (Å²) in [6.07, 6.45) is 3.41. The monoisotopic (exact) mass is 188 g/mol. The molecular weight excluding hydrogens is 168 g/mol. The molecule has 1 aliphatic heterocycles. The van der Waals surface area contributed by atoms with E-state index in [1.807, 2.05) is 0 Å². The molecule has 2 unspecified atom stereocenters. The molecule has 0 saturated carbocycles. The molecule has 1 saturated heterocycles. The third kappa shape index (κ3) is 2.64. The Morgan fingerprint density at radius 3 is 2.85 bits per heavy atom. The molecule has 78 valence electrons. The number of rotatable bonds is 4. The van der Waals surface area contributed by atoms with E-state index in [0.717, 1.165) is 19.4 Å². The van der Waals surface area contributed by atoms with Gasteiger partial charge < -0.3 is 9.47 Å². The molecule has 1 fully saturated rings. The van der Waals surface area contributed by atoms with Gasteiger partial charge in [0, 0.05) is 13.7 Å². The summed E-state index contributed by atoms with van der Waals surface area (Å²) in [4.78, 5) is 0. The van der Waals surface area contributed by atoms with Crippen molar-refractivity contribution in [2.75, 3.05) is 20.3 Å². The Kier molecular flexibility index (Phi) is 4.12. The molecule has 0 aromatic carbocycles. The summed E-state index contributed by atoms with van der Waals surface area (Å²) in [5.74, 6) is 5.46. The number of hydrogen-bond acceptors (Lipinski definition) is 4. The first-order chi connectivity index (χ1) is 6.23. The van der Waals surface area contributed by atoms with E-state index in [-0.39, 0.29) is 11.6 Å². The zero-order valence-corrected chi connectivity index (χ0v) is 8.51. The molecular formula is C9H20N2O2. The maximum atomic E-state index is 5.75. The van der Waals surface area contributed by atoms with Crippen molar-refractivity contribution in [1.29, 1.82) is 0 Å². The summed E-state index contributed by atoms with van der Waals surface area (Å²) in [5.41, 5.74) is 2.60. The summed E-state index contributed by atoms with van der Waals surface area (Å²) in [7, 11) is 1.68. The number of hydrazine groups is 1. The SMILES string of the molecule is COCC(NN)C1(C)CCCCO1. The minimum absolute atomic E-state index is 0.0813. The fraction of sp³-hybridized carbons (Fsp3) is 1.00. The van der Waals surface area contributed by atoms with Gasteiger partial charge in [-0.3, -0.25) is 11.3 Å². The van der Waals surface area contributed by atoms with Gasteiger partial charge in [-0.15, -0.1) is 0 Å². The second-order valence-electron chi connectivity index (χ2n) is 3.79. The van der Waals surface area contributed by atoms with Crippen molar-refractivity contribution in [1.82, 2.24) is 5.43 Å². The van der Waals surface area contributed by atoms with Crippen LogP contribution in [-0.4, -0.2) is 32.0 Å². The van der Waals surface area contributed by atoms with Crippen LogP contribution >= 0.6 is 0 Å². The fourth-order valence-electron chi connectivity index (χ4n) is 1.80. The molecule has 0 radical (unpaired) electrons. The van der Waals surface area contributed by atoms with Crippen LogP contribution in [0.3, 0.4) is 0 Å². The lowest BCUT2D eigenvalue weighted by Gasteiger charge is -2.39. The number of nitrogens with two attached hydrogens (primary N) is 1.